The summed E-state index contributed by atoms with van der Waals surface area (Å²) in [6.07, 6.45) is 1.46. The van der Waals surface area contributed by atoms with E-state index in [-0.39, 0.29) is 16.8 Å². The lowest BCUT2D eigenvalue weighted by molar-refractivity contribution is -0.384. The van der Waals surface area contributed by atoms with Gasteiger partial charge in [0.15, 0.2) is 0 Å². The lowest BCUT2D eigenvalue weighted by Crippen LogP contribution is -2.24. The second-order valence-electron chi connectivity index (χ2n) is 5.98. The molecule has 0 saturated heterocycles. The quantitative estimate of drug-likeness (QED) is 0.305. The number of methoxy groups -OCH3 is 1. The summed E-state index contributed by atoms with van der Waals surface area (Å²) in [4.78, 5) is 37.4. The second-order valence-corrected chi connectivity index (χ2v) is 6.89. The maximum Gasteiger partial charge on any atom is 0.340 e. The molecule has 0 N–H and O–H groups in total. The number of ether oxygens (including phenoxy) is 1. The normalized spacial score (nSPS) is 15.3. The summed E-state index contributed by atoms with van der Waals surface area (Å²) in [5.74, 6) is -1.06. The van der Waals surface area contributed by atoms with Crippen LogP contribution in [0.25, 0.3) is 6.08 Å². The predicted octanol–water partition coefficient (Wildman–Crippen LogP) is 4.23. The van der Waals surface area contributed by atoms with Crippen LogP contribution in [0.4, 0.5) is 11.4 Å². The van der Waals surface area contributed by atoms with E-state index in [4.69, 9.17) is 4.74 Å². The Morgan fingerprint density at radius 1 is 1.21 bits per heavy atom. The fourth-order valence-corrected chi connectivity index (χ4v) is 3.24. The predicted molar refractivity (Wildman–Crippen MR) is 107 cm³/mol. The third-order valence-electron chi connectivity index (χ3n) is 4.27. The van der Waals surface area contributed by atoms with Crippen LogP contribution < -0.4 is 4.90 Å². The third-order valence-corrected chi connectivity index (χ3v) is 4.80. The second kappa shape index (κ2) is 7.77. The molecular formula is C20H15BrN2O5. The molecule has 2 aromatic carbocycles. The molecule has 0 radical (unpaired) electrons. The zero-order valence-electron chi connectivity index (χ0n) is 15.0. The van der Waals surface area contributed by atoms with Crippen LogP contribution in [0.1, 0.15) is 12.5 Å². The maximum absolute atomic E-state index is 13.1. The highest BCUT2D eigenvalue weighted by molar-refractivity contribution is 9.10. The molecule has 1 aliphatic rings. The molecule has 28 heavy (non-hydrogen) atoms. The minimum atomic E-state index is -0.651. The SMILES string of the molecule is COC(=O)C1=C(C)N(c2ccc(Br)cc2)C(=O)/C1=C\c1cccc([N+](=O)[O-])c1. The summed E-state index contributed by atoms with van der Waals surface area (Å²) in [6.45, 7) is 1.65. The fraction of sp³-hybridized carbons (Fsp3) is 0.100. The minimum Gasteiger partial charge on any atom is -0.465 e. The molecule has 0 fully saturated rings. The molecule has 0 aromatic heterocycles. The Balaban J connectivity index is 2.13. The first-order chi connectivity index (χ1) is 13.3. The Morgan fingerprint density at radius 3 is 2.50 bits per heavy atom. The first-order valence-electron chi connectivity index (χ1n) is 8.19. The zero-order chi connectivity index (χ0) is 20.4. The molecule has 0 aliphatic carbocycles. The molecule has 0 saturated carbocycles. The van der Waals surface area contributed by atoms with Gasteiger partial charge in [-0.15, -0.1) is 0 Å². The van der Waals surface area contributed by atoms with Crippen LogP contribution in [0.15, 0.2) is 69.8 Å². The fourth-order valence-electron chi connectivity index (χ4n) is 2.98. The highest BCUT2D eigenvalue weighted by Crippen LogP contribution is 2.36. The van der Waals surface area contributed by atoms with Gasteiger partial charge in [-0.1, -0.05) is 28.1 Å². The summed E-state index contributed by atoms with van der Waals surface area (Å²) in [5, 5.41) is 11.0. The van der Waals surface area contributed by atoms with Crippen molar-refractivity contribution in [2.75, 3.05) is 12.0 Å². The van der Waals surface area contributed by atoms with Crippen molar-refractivity contribution in [2.45, 2.75) is 6.92 Å². The smallest absolute Gasteiger partial charge is 0.340 e. The molecular weight excluding hydrogens is 428 g/mol. The third kappa shape index (κ3) is 3.59. The van der Waals surface area contributed by atoms with Crippen LogP contribution >= 0.6 is 15.9 Å². The number of esters is 1. The first kappa shape index (κ1) is 19.5. The van der Waals surface area contributed by atoms with Crippen molar-refractivity contribution < 1.29 is 19.2 Å². The minimum absolute atomic E-state index is 0.107. The number of hydrogen-bond donors (Lipinski definition) is 0. The van der Waals surface area contributed by atoms with Crippen LogP contribution in [-0.2, 0) is 14.3 Å². The van der Waals surface area contributed by atoms with E-state index in [2.05, 4.69) is 15.9 Å². The Bertz CT molecular complexity index is 1040. The number of anilines is 1. The lowest BCUT2D eigenvalue weighted by atomic mass is 10.0. The topological polar surface area (TPSA) is 89.8 Å². The first-order valence-corrected chi connectivity index (χ1v) is 8.98. The molecule has 7 nitrogen and oxygen atoms in total. The molecule has 0 bridgehead atoms. The van der Waals surface area contributed by atoms with Crippen molar-refractivity contribution >= 4 is 45.3 Å². The highest BCUT2D eigenvalue weighted by atomic mass is 79.9. The van der Waals surface area contributed by atoms with Crippen LogP contribution in [0.5, 0.6) is 0 Å². The van der Waals surface area contributed by atoms with Crippen LogP contribution in [0.2, 0.25) is 0 Å². The van der Waals surface area contributed by atoms with Crippen molar-refractivity contribution in [3.63, 3.8) is 0 Å². The number of carbonyl (C=O) groups excluding carboxylic acids is 2. The van der Waals surface area contributed by atoms with Crippen molar-refractivity contribution in [1.29, 1.82) is 0 Å². The molecule has 1 aliphatic heterocycles. The largest absolute Gasteiger partial charge is 0.465 e. The van der Waals surface area contributed by atoms with Crippen molar-refractivity contribution in [2.24, 2.45) is 0 Å². The zero-order valence-corrected chi connectivity index (χ0v) is 16.6. The summed E-state index contributed by atoms with van der Waals surface area (Å²) < 4.78 is 5.71. The molecule has 142 valence electrons. The summed E-state index contributed by atoms with van der Waals surface area (Å²) in [6, 6.07) is 12.9. The Kier molecular flexibility index (Phi) is 5.41. The molecule has 0 spiro atoms. The number of nitro benzene ring substituents is 1. The van der Waals surface area contributed by atoms with Gasteiger partial charge in [0.1, 0.15) is 0 Å². The number of halogens is 1. The van der Waals surface area contributed by atoms with E-state index in [0.29, 0.717) is 16.9 Å². The van der Waals surface area contributed by atoms with Gasteiger partial charge in [0, 0.05) is 28.0 Å². The van der Waals surface area contributed by atoms with E-state index < -0.39 is 16.8 Å². The van der Waals surface area contributed by atoms with E-state index in [1.54, 1.807) is 37.3 Å². The Hall–Kier alpha value is -3.26. The molecule has 1 heterocycles. The van der Waals surface area contributed by atoms with E-state index in [9.17, 15) is 19.7 Å². The lowest BCUT2D eigenvalue weighted by Gasteiger charge is -2.18. The average Bonchev–Trinajstić information content (AvgIpc) is 2.92. The monoisotopic (exact) mass is 442 g/mol. The van der Waals surface area contributed by atoms with Crippen LogP contribution in [0, 0.1) is 10.1 Å². The van der Waals surface area contributed by atoms with Crippen molar-refractivity contribution in [3.8, 4) is 0 Å². The van der Waals surface area contributed by atoms with Gasteiger partial charge in [-0.2, -0.15) is 0 Å². The van der Waals surface area contributed by atoms with Gasteiger partial charge in [-0.25, -0.2) is 4.79 Å². The molecule has 1 amide bonds. The standard InChI is InChI=1S/C20H15BrN2O5/c1-12-18(20(25)28-2)17(11-13-4-3-5-16(10-13)23(26)27)19(24)22(12)15-8-6-14(21)7-9-15/h3-11H,1-2H3/b17-11-. The summed E-state index contributed by atoms with van der Waals surface area (Å²) in [5.41, 5.74) is 1.59. The number of nitro groups is 1. The number of allylic oxidation sites excluding steroid dienone is 1. The van der Waals surface area contributed by atoms with E-state index >= 15 is 0 Å². The van der Waals surface area contributed by atoms with Gasteiger partial charge < -0.3 is 4.74 Å². The van der Waals surface area contributed by atoms with E-state index in [0.717, 1.165) is 4.47 Å². The summed E-state index contributed by atoms with van der Waals surface area (Å²) in [7, 11) is 1.24. The molecule has 8 heteroatoms. The number of rotatable bonds is 4. The Morgan fingerprint density at radius 2 is 1.89 bits per heavy atom. The van der Waals surface area contributed by atoms with E-state index in [1.165, 1.54) is 36.3 Å². The number of benzene rings is 2. The van der Waals surface area contributed by atoms with Crippen molar-refractivity contribution in [3.05, 3.63) is 85.5 Å². The molecule has 3 rings (SSSR count). The van der Waals surface area contributed by atoms with Crippen LogP contribution in [-0.4, -0.2) is 23.9 Å². The maximum atomic E-state index is 13.1. The highest BCUT2D eigenvalue weighted by Gasteiger charge is 2.37. The average molecular weight is 443 g/mol. The van der Waals surface area contributed by atoms with Crippen molar-refractivity contribution in [1.82, 2.24) is 0 Å². The number of nitrogens with zero attached hydrogens (tertiary/aromatic N) is 2. The van der Waals surface area contributed by atoms with Gasteiger partial charge in [0.05, 0.1) is 23.2 Å². The molecule has 2 aromatic rings. The van der Waals surface area contributed by atoms with Gasteiger partial charge in [-0.05, 0) is 42.8 Å². The number of carbonyl (C=O) groups is 2. The van der Waals surface area contributed by atoms with Gasteiger partial charge in [0.2, 0.25) is 0 Å². The summed E-state index contributed by atoms with van der Waals surface area (Å²) >= 11 is 3.35. The Labute approximate surface area is 169 Å². The number of amides is 1. The van der Waals surface area contributed by atoms with Gasteiger partial charge in [0.25, 0.3) is 11.6 Å². The van der Waals surface area contributed by atoms with E-state index in [1.807, 2.05) is 0 Å². The number of hydrogen-bond acceptors (Lipinski definition) is 5. The van der Waals surface area contributed by atoms with Gasteiger partial charge in [-0.3, -0.25) is 19.8 Å². The van der Waals surface area contributed by atoms with Gasteiger partial charge >= 0.3 is 5.97 Å². The molecule has 0 atom stereocenters. The molecule has 0 unspecified atom stereocenters. The van der Waals surface area contributed by atoms with Crippen LogP contribution in [0.3, 0.4) is 0 Å². The number of non-ortho nitro benzene ring substituents is 1.